The van der Waals surface area contributed by atoms with Gasteiger partial charge >= 0.3 is 0 Å². The van der Waals surface area contributed by atoms with Gasteiger partial charge in [-0.1, -0.05) is 51.4 Å². The van der Waals surface area contributed by atoms with Crippen LogP contribution < -0.4 is 11.1 Å². The van der Waals surface area contributed by atoms with Crippen LogP contribution in [0.2, 0.25) is 0 Å². The lowest BCUT2D eigenvalue weighted by Gasteiger charge is -2.10. The minimum atomic E-state index is -0.231. The summed E-state index contributed by atoms with van der Waals surface area (Å²) in [5.74, 6) is 0. The molecule has 0 amide bonds. The number of aromatic nitrogens is 1. The van der Waals surface area contributed by atoms with Crippen LogP contribution in [0.4, 0.5) is 0 Å². The second-order valence-corrected chi connectivity index (χ2v) is 11.5. The molecular formula is C30H16INO2S. The molecule has 0 atom stereocenters. The Morgan fingerprint density at radius 3 is 1.91 bits per heavy atom. The van der Waals surface area contributed by atoms with Gasteiger partial charge in [-0.25, -0.2) is 4.57 Å². The zero-order valence-corrected chi connectivity index (χ0v) is 21.8. The van der Waals surface area contributed by atoms with E-state index >= 15 is 0 Å². The molecule has 0 saturated heterocycles. The maximum Gasteiger partial charge on any atom is 0.266 e. The van der Waals surface area contributed by atoms with Crippen molar-refractivity contribution in [2.45, 2.75) is 18.7 Å². The lowest BCUT2D eigenvalue weighted by atomic mass is 9.93. The first-order valence-corrected chi connectivity index (χ1v) is 14.9. The maximum atomic E-state index is 14.1. The summed E-state index contributed by atoms with van der Waals surface area (Å²) in [7, 11) is 1.66. The third-order valence-electron chi connectivity index (χ3n) is 7.86. The molecule has 0 radical (unpaired) electrons. The topological polar surface area (TPSA) is 39.1 Å². The molecule has 0 N–H and O–H groups in total. The number of halogens is 1. The number of para-hydroxylation sites is 1. The van der Waals surface area contributed by atoms with E-state index in [0.29, 0.717) is 16.5 Å². The molecule has 0 saturated carbocycles. The third kappa shape index (κ3) is 2.21. The van der Waals surface area contributed by atoms with Crippen LogP contribution in [0, 0.1) is 13.8 Å². The first kappa shape index (κ1) is 20.1. The van der Waals surface area contributed by atoms with Crippen LogP contribution in [-0.2, 0) is 0 Å². The molecule has 3 nitrogen and oxygen atoms in total. The van der Waals surface area contributed by atoms with Crippen molar-refractivity contribution in [3.05, 3.63) is 92.5 Å². The molecule has 1 aromatic heterocycles. The molecule has 0 spiro atoms. The van der Waals surface area contributed by atoms with E-state index in [4.69, 9.17) is 0 Å². The summed E-state index contributed by atoms with van der Waals surface area (Å²) in [5.41, 5.74) is 2.22. The lowest BCUT2D eigenvalue weighted by Crippen LogP contribution is -2.24. The van der Waals surface area contributed by atoms with Crippen LogP contribution in [0.1, 0.15) is 11.1 Å². The molecule has 5 heteroatoms. The molecule has 0 aliphatic heterocycles. The van der Waals surface area contributed by atoms with Crippen LogP contribution in [-0.4, -0.2) is 4.57 Å². The minimum absolute atomic E-state index is 0.230. The van der Waals surface area contributed by atoms with Gasteiger partial charge in [-0.15, -0.1) is 0 Å². The fourth-order valence-electron chi connectivity index (χ4n) is 6.43. The van der Waals surface area contributed by atoms with Gasteiger partial charge in [-0.05, 0) is 97.0 Å². The van der Waals surface area contributed by atoms with Crippen LogP contribution >= 0.6 is 30.1 Å². The second kappa shape index (κ2) is 6.53. The molecule has 8 rings (SSSR count). The molecule has 0 fully saturated rings. The average Bonchev–Trinajstić information content (AvgIpc) is 3.35. The van der Waals surface area contributed by atoms with E-state index in [-0.39, 0.29) is 11.1 Å². The van der Waals surface area contributed by atoms with Crippen molar-refractivity contribution < 1.29 is 0 Å². The highest BCUT2D eigenvalue weighted by Gasteiger charge is 2.28. The van der Waals surface area contributed by atoms with Crippen LogP contribution in [0.25, 0.3) is 70.3 Å². The third-order valence-corrected chi connectivity index (χ3v) is 9.79. The van der Waals surface area contributed by atoms with Gasteiger partial charge in [-0.2, -0.15) is 0 Å². The van der Waals surface area contributed by atoms with Gasteiger partial charge in [0.2, 0.25) is 0 Å². The number of rotatable bonds is 2. The standard InChI is InChI=1S/C30H16INO2S/c1-13-5-3-4-6-20(13)32-29(33)27-18-11-14(2)16-9-7-15-8-10-17-21(35-31)12-19(28(27)30(32)34)26-24(17)22(15)23(16)25(18)26/h3-12H,1-2H3. The molecule has 0 bridgehead atoms. The molecule has 8 aromatic rings. The van der Waals surface area contributed by atoms with Crippen LogP contribution in [0.5, 0.6) is 0 Å². The summed E-state index contributed by atoms with van der Waals surface area (Å²) in [6.07, 6.45) is 0. The van der Waals surface area contributed by atoms with Crippen molar-refractivity contribution in [1.29, 1.82) is 0 Å². The van der Waals surface area contributed by atoms with Gasteiger partial charge in [0.05, 0.1) is 16.5 Å². The number of hydrogen-bond donors (Lipinski definition) is 0. The largest absolute Gasteiger partial charge is 0.268 e. The van der Waals surface area contributed by atoms with E-state index in [1.54, 1.807) is 8.93 Å². The summed E-state index contributed by atoms with van der Waals surface area (Å²) >= 11 is 2.32. The molecule has 0 aliphatic carbocycles. The van der Waals surface area contributed by atoms with E-state index in [1.807, 2.05) is 31.2 Å². The first-order chi connectivity index (χ1) is 17.0. The summed E-state index contributed by atoms with van der Waals surface area (Å²) < 4.78 is 1.38. The fourth-order valence-corrected chi connectivity index (χ4v) is 7.94. The van der Waals surface area contributed by atoms with E-state index in [1.165, 1.54) is 36.9 Å². The van der Waals surface area contributed by atoms with Crippen molar-refractivity contribution in [1.82, 2.24) is 4.57 Å². The van der Waals surface area contributed by atoms with E-state index < -0.39 is 0 Å². The Hall–Kier alpha value is -3.16. The zero-order chi connectivity index (χ0) is 23.7. The predicted octanol–water partition coefficient (Wildman–Crippen LogP) is 7.93. The Kier molecular flexibility index (Phi) is 3.75. The molecule has 7 aromatic carbocycles. The SMILES string of the molecule is Cc1ccccc1-n1c(=O)c2c3cc(C)c4ccc5ccc6c(SI)cc(c2c1=O)c1c6c5c4c31. The van der Waals surface area contributed by atoms with Gasteiger partial charge in [-0.3, -0.25) is 9.59 Å². The van der Waals surface area contributed by atoms with Crippen molar-refractivity contribution in [2.75, 3.05) is 0 Å². The Morgan fingerprint density at radius 1 is 0.629 bits per heavy atom. The van der Waals surface area contributed by atoms with Gasteiger partial charge in [0.1, 0.15) is 0 Å². The Morgan fingerprint density at radius 2 is 1.23 bits per heavy atom. The Labute approximate surface area is 215 Å². The number of fused-ring (bicyclic) bond motifs is 3. The summed E-state index contributed by atoms with van der Waals surface area (Å²) in [6.45, 7) is 4.05. The Balaban J connectivity index is 1.79. The van der Waals surface area contributed by atoms with E-state index in [0.717, 1.165) is 37.6 Å². The van der Waals surface area contributed by atoms with Crippen molar-refractivity contribution in [2.24, 2.45) is 0 Å². The van der Waals surface area contributed by atoms with Crippen molar-refractivity contribution >= 4 is 94.8 Å². The number of aryl methyl sites for hydroxylation is 2. The van der Waals surface area contributed by atoms with Gasteiger partial charge < -0.3 is 0 Å². The fraction of sp³-hybridized carbons (Fsp3) is 0.0667. The van der Waals surface area contributed by atoms with Gasteiger partial charge in [0.25, 0.3) is 11.1 Å². The number of nitrogens with zero attached hydrogens (tertiary/aromatic N) is 1. The minimum Gasteiger partial charge on any atom is -0.268 e. The molecule has 0 aliphatic rings. The molecular weight excluding hydrogens is 565 g/mol. The summed E-state index contributed by atoms with van der Waals surface area (Å²) in [5, 5.41) is 12.4. The van der Waals surface area contributed by atoms with Crippen molar-refractivity contribution in [3.63, 3.8) is 0 Å². The molecule has 1 heterocycles. The Bertz CT molecular complexity index is 2270. The predicted molar refractivity (Wildman–Crippen MR) is 157 cm³/mol. The van der Waals surface area contributed by atoms with Gasteiger partial charge in [0.15, 0.2) is 0 Å². The smallest absolute Gasteiger partial charge is 0.266 e. The zero-order valence-electron chi connectivity index (χ0n) is 18.8. The quantitative estimate of drug-likeness (QED) is 0.154. The van der Waals surface area contributed by atoms with Crippen LogP contribution in [0.3, 0.4) is 0 Å². The summed E-state index contributed by atoms with van der Waals surface area (Å²) in [4.78, 5) is 29.3. The monoisotopic (exact) mass is 581 g/mol. The lowest BCUT2D eigenvalue weighted by molar-refractivity contribution is 0.979. The van der Waals surface area contributed by atoms with Crippen molar-refractivity contribution in [3.8, 4) is 5.69 Å². The van der Waals surface area contributed by atoms with Gasteiger partial charge in [0, 0.05) is 26.1 Å². The van der Waals surface area contributed by atoms with E-state index in [9.17, 15) is 9.59 Å². The molecule has 35 heavy (non-hydrogen) atoms. The van der Waals surface area contributed by atoms with E-state index in [2.05, 4.69) is 64.5 Å². The maximum absolute atomic E-state index is 14.1. The highest BCUT2D eigenvalue weighted by Crippen LogP contribution is 2.52. The highest BCUT2D eigenvalue weighted by molar-refractivity contribution is 14.2. The molecule has 166 valence electrons. The number of benzene rings is 6. The summed E-state index contributed by atoms with van der Waals surface area (Å²) in [6, 6.07) is 20.6. The van der Waals surface area contributed by atoms with Crippen LogP contribution in [0.15, 0.2) is 75.1 Å². The number of hydrogen-bond acceptors (Lipinski definition) is 3. The average molecular weight is 581 g/mol. The normalized spacial score (nSPS) is 12.8. The highest BCUT2D eigenvalue weighted by atomic mass is 127. The second-order valence-electron chi connectivity index (χ2n) is 9.55. The molecule has 0 unspecified atom stereocenters. The first-order valence-electron chi connectivity index (χ1n) is 11.5.